The number of carbonyl (C=O) groups excluding carboxylic acids is 1. The molecule has 0 radical (unpaired) electrons. The van der Waals surface area contributed by atoms with Crippen LogP contribution in [0.5, 0.6) is 0 Å². The predicted molar refractivity (Wildman–Crippen MR) is 87.3 cm³/mol. The lowest BCUT2D eigenvalue weighted by molar-refractivity contribution is 0.102. The van der Waals surface area contributed by atoms with Crippen molar-refractivity contribution in [2.75, 3.05) is 17.2 Å². The minimum absolute atomic E-state index is 0.287. The predicted octanol–water partition coefficient (Wildman–Crippen LogP) is 4.24. The fraction of sp³-hybridized carbons (Fsp3) is 0.0667. The quantitative estimate of drug-likeness (QED) is 0.810. The van der Waals surface area contributed by atoms with Crippen LogP contribution < -0.4 is 10.6 Å². The average Bonchev–Trinajstić information content (AvgIpc) is 2.48. The number of pyridine rings is 1. The fourth-order valence-electron chi connectivity index (χ4n) is 1.63. The van der Waals surface area contributed by atoms with Crippen molar-refractivity contribution in [3.63, 3.8) is 0 Å². The first kappa shape index (κ1) is 15.4. The first-order valence-electron chi connectivity index (χ1n) is 6.17. The average molecular weight is 322 g/mol. The van der Waals surface area contributed by atoms with Crippen molar-refractivity contribution >= 4 is 40.5 Å². The van der Waals surface area contributed by atoms with Crippen molar-refractivity contribution in [1.82, 2.24) is 4.98 Å². The molecule has 0 bridgehead atoms. The highest BCUT2D eigenvalue weighted by atomic mass is 35.5. The first-order valence-corrected chi connectivity index (χ1v) is 6.93. The van der Waals surface area contributed by atoms with E-state index in [2.05, 4.69) is 22.2 Å². The molecule has 2 aromatic rings. The minimum atomic E-state index is -0.346. The third-order valence-corrected chi connectivity index (χ3v) is 3.17. The zero-order valence-corrected chi connectivity index (χ0v) is 12.6. The molecular weight excluding hydrogens is 309 g/mol. The number of amides is 1. The fourth-order valence-corrected chi connectivity index (χ4v) is 2.09. The lowest BCUT2D eigenvalue weighted by Gasteiger charge is -2.08. The van der Waals surface area contributed by atoms with Crippen LogP contribution in [0.3, 0.4) is 0 Å². The van der Waals surface area contributed by atoms with Gasteiger partial charge in [0, 0.05) is 23.5 Å². The molecule has 2 rings (SSSR count). The Morgan fingerprint density at radius 2 is 2.10 bits per heavy atom. The van der Waals surface area contributed by atoms with Crippen LogP contribution in [0.25, 0.3) is 0 Å². The summed E-state index contributed by atoms with van der Waals surface area (Å²) >= 11 is 11.8. The normalized spacial score (nSPS) is 10.0. The third-order valence-electron chi connectivity index (χ3n) is 2.62. The van der Waals surface area contributed by atoms with Crippen LogP contribution in [-0.2, 0) is 0 Å². The van der Waals surface area contributed by atoms with Gasteiger partial charge in [0.05, 0.1) is 10.7 Å². The van der Waals surface area contributed by atoms with Gasteiger partial charge in [0.2, 0.25) is 0 Å². The number of nitrogens with zero attached hydrogens (tertiary/aromatic N) is 1. The lowest BCUT2D eigenvalue weighted by Crippen LogP contribution is -2.14. The molecule has 1 amide bonds. The Bertz CT molecular complexity index is 674. The summed E-state index contributed by atoms with van der Waals surface area (Å²) in [6, 6.07) is 8.29. The Morgan fingerprint density at radius 3 is 2.81 bits per heavy atom. The van der Waals surface area contributed by atoms with Gasteiger partial charge in [-0.25, -0.2) is 0 Å². The summed E-state index contributed by atoms with van der Waals surface area (Å²) in [5.74, 6) is -0.346. The zero-order valence-electron chi connectivity index (χ0n) is 11.1. The number of hydrogen-bond donors (Lipinski definition) is 2. The van der Waals surface area contributed by atoms with Gasteiger partial charge in [-0.15, -0.1) is 6.58 Å². The maximum Gasteiger partial charge on any atom is 0.274 e. The van der Waals surface area contributed by atoms with E-state index in [1.54, 1.807) is 42.6 Å². The molecule has 1 aromatic heterocycles. The van der Waals surface area contributed by atoms with E-state index in [0.717, 1.165) is 5.69 Å². The smallest absolute Gasteiger partial charge is 0.274 e. The Labute approximate surface area is 132 Å². The zero-order chi connectivity index (χ0) is 15.2. The van der Waals surface area contributed by atoms with Crippen LogP contribution in [0.15, 0.2) is 49.2 Å². The van der Waals surface area contributed by atoms with Crippen molar-refractivity contribution in [1.29, 1.82) is 0 Å². The number of nitrogens with one attached hydrogen (secondary N) is 2. The minimum Gasteiger partial charge on any atom is -0.381 e. The van der Waals surface area contributed by atoms with Gasteiger partial charge in [-0.1, -0.05) is 29.3 Å². The Balaban J connectivity index is 2.14. The van der Waals surface area contributed by atoms with Gasteiger partial charge in [0.15, 0.2) is 0 Å². The molecule has 2 N–H and O–H groups in total. The monoisotopic (exact) mass is 321 g/mol. The van der Waals surface area contributed by atoms with Gasteiger partial charge in [-0.05, 0) is 30.3 Å². The van der Waals surface area contributed by atoms with Gasteiger partial charge < -0.3 is 10.6 Å². The van der Waals surface area contributed by atoms with Gasteiger partial charge in [-0.3, -0.25) is 9.78 Å². The Hall–Kier alpha value is -2.04. The molecule has 0 aliphatic carbocycles. The van der Waals surface area contributed by atoms with Crippen molar-refractivity contribution in [3.05, 3.63) is 64.9 Å². The van der Waals surface area contributed by atoms with E-state index in [0.29, 0.717) is 22.3 Å². The van der Waals surface area contributed by atoms with E-state index in [-0.39, 0.29) is 11.6 Å². The summed E-state index contributed by atoms with van der Waals surface area (Å²) < 4.78 is 0. The summed E-state index contributed by atoms with van der Waals surface area (Å²) in [6.45, 7) is 4.23. The number of carbonyl (C=O) groups is 1. The van der Waals surface area contributed by atoms with Gasteiger partial charge >= 0.3 is 0 Å². The molecule has 6 heteroatoms. The molecule has 108 valence electrons. The largest absolute Gasteiger partial charge is 0.381 e. The highest BCUT2D eigenvalue weighted by Crippen LogP contribution is 2.25. The molecule has 0 atom stereocenters. The molecule has 0 aliphatic heterocycles. The van der Waals surface area contributed by atoms with Crippen molar-refractivity contribution in [2.24, 2.45) is 0 Å². The van der Waals surface area contributed by atoms with Crippen LogP contribution >= 0.6 is 23.2 Å². The number of benzene rings is 1. The van der Waals surface area contributed by atoms with Crippen molar-refractivity contribution in [2.45, 2.75) is 0 Å². The summed E-state index contributed by atoms with van der Waals surface area (Å²) in [4.78, 5) is 16.2. The lowest BCUT2D eigenvalue weighted by atomic mass is 10.2. The number of rotatable bonds is 5. The van der Waals surface area contributed by atoms with Crippen LogP contribution in [0.2, 0.25) is 10.0 Å². The molecule has 0 saturated heterocycles. The molecule has 1 aromatic carbocycles. The number of hydrogen-bond acceptors (Lipinski definition) is 3. The topological polar surface area (TPSA) is 54.0 Å². The van der Waals surface area contributed by atoms with E-state index in [1.165, 1.54) is 0 Å². The van der Waals surface area contributed by atoms with Gasteiger partial charge in [-0.2, -0.15) is 0 Å². The van der Waals surface area contributed by atoms with Crippen molar-refractivity contribution in [3.8, 4) is 0 Å². The summed E-state index contributed by atoms with van der Waals surface area (Å²) in [5.41, 5.74) is 1.56. The van der Waals surface area contributed by atoms with E-state index >= 15 is 0 Å². The van der Waals surface area contributed by atoms with Crippen LogP contribution in [0, 0.1) is 0 Å². The third kappa shape index (κ3) is 4.21. The second kappa shape index (κ2) is 7.11. The van der Waals surface area contributed by atoms with Gasteiger partial charge in [0.1, 0.15) is 5.69 Å². The highest BCUT2D eigenvalue weighted by Gasteiger charge is 2.10. The molecule has 0 fully saturated rings. The SMILES string of the molecule is C=CCNc1ccnc(C(=O)Nc2ccc(Cl)cc2Cl)c1. The van der Waals surface area contributed by atoms with Gasteiger partial charge in [0.25, 0.3) is 5.91 Å². The Kier molecular flexibility index (Phi) is 5.20. The molecule has 21 heavy (non-hydrogen) atoms. The molecule has 0 unspecified atom stereocenters. The molecule has 1 heterocycles. The number of halogens is 2. The molecule has 0 saturated carbocycles. The molecule has 4 nitrogen and oxygen atoms in total. The number of aromatic nitrogens is 1. The molecule has 0 aliphatic rings. The maximum absolute atomic E-state index is 12.2. The van der Waals surface area contributed by atoms with Crippen LogP contribution in [0.1, 0.15) is 10.5 Å². The standard InChI is InChI=1S/C15H13Cl2N3O/c1-2-6-18-11-5-7-19-14(9-11)15(21)20-13-4-3-10(16)8-12(13)17/h2-5,7-9H,1,6H2,(H,18,19)(H,20,21). The summed E-state index contributed by atoms with van der Waals surface area (Å²) in [7, 11) is 0. The maximum atomic E-state index is 12.2. The van der Waals surface area contributed by atoms with E-state index in [4.69, 9.17) is 23.2 Å². The summed E-state index contributed by atoms with van der Waals surface area (Å²) in [6.07, 6.45) is 3.29. The second-order valence-electron chi connectivity index (χ2n) is 4.18. The Morgan fingerprint density at radius 1 is 1.29 bits per heavy atom. The van der Waals surface area contributed by atoms with Crippen LogP contribution in [0.4, 0.5) is 11.4 Å². The summed E-state index contributed by atoms with van der Waals surface area (Å²) in [5, 5.41) is 6.67. The second-order valence-corrected chi connectivity index (χ2v) is 5.02. The number of anilines is 2. The first-order chi connectivity index (χ1) is 10.1. The highest BCUT2D eigenvalue weighted by molar-refractivity contribution is 6.36. The van der Waals surface area contributed by atoms with E-state index in [9.17, 15) is 4.79 Å². The van der Waals surface area contributed by atoms with E-state index in [1.807, 2.05) is 0 Å². The van der Waals surface area contributed by atoms with Crippen LogP contribution in [-0.4, -0.2) is 17.4 Å². The molecular formula is C15H13Cl2N3O. The van der Waals surface area contributed by atoms with E-state index < -0.39 is 0 Å². The van der Waals surface area contributed by atoms with Crippen molar-refractivity contribution < 1.29 is 4.79 Å². The molecule has 0 spiro atoms.